The van der Waals surface area contributed by atoms with Crippen LogP contribution >= 0.6 is 0 Å². The monoisotopic (exact) mass is 395 g/mol. The zero-order chi connectivity index (χ0) is 20.9. The van der Waals surface area contributed by atoms with Crippen molar-refractivity contribution in [2.24, 2.45) is 5.92 Å². The van der Waals surface area contributed by atoms with Crippen molar-refractivity contribution in [1.82, 2.24) is 15.2 Å². The number of ether oxygens (including phenoxy) is 1. The first-order chi connectivity index (χ1) is 13.9. The van der Waals surface area contributed by atoms with Crippen LogP contribution < -0.4 is 5.32 Å². The molecule has 0 radical (unpaired) electrons. The average Bonchev–Trinajstić information content (AvgIpc) is 2.73. The number of hydrogen-bond donors (Lipinski definition) is 1. The van der Waals surface area contributed by atoms with Crippen LogP contribution in [0.25, 0.3) is 11.1 Å². The highest BCUT2D eigenvalue weighted by Crippen LogP contribution is 2.27. The maximum absolute atomic E-state index is 12.9. The van der Waals surface area contributed by atoms with Crippen LogP contribution in [-0.4, -0.2) is 54.0 Å². The predicted molar refractivity (Wildman–Crippen MR) is 112 cm³/mol. The first-order valence-corrected chi connectivity index (χ1v) is 10.1. The number of likely N-dealkylation sites (N-methyl/N-ethyl adjacent to an activating group) is 1. The molecule has 1 aromatic carbocycles. The van der Waals surface area contributed by atoms with Gasteiger partial charge < -0.3 is 15.0 Å². The van der Waals surface area contributed by atoms with Gasteiger partial charge in [0.1, 0.15) is 0 Å². The summed E-state index contributed by atoms with van der Waals surface area (Å²) in [6.45, 7) is 5.17. The van der Waals surface area contributed by atoms with Gasteiger partial charge in [-0.1, -0.05) is 38.1 Å². The molecule has 6 nitrogen and oxygen atoms in total. The number of rotatable bonds is 6. The zero-order valence-corrected chi connectivity index (χ0v) is 17.4. The molecular weight excluding hydrogens is 366 g/mol. The van der Waals surface area contributed by atoms with Gasteiger partial charge in [0, 0.05) is 38.8 Å². The molecule has 0 saturated carbocycles. The topological polar surface area (TPSA) is 71.5 Å². The van der Waals surface area contributed by atoms with Crippen LogP contribution in [0.5, 0.6) is 0 Å². The lowest BCUT2D eigenvalue weighted by molar-refractivity contribution is -0.166. The molecule has 0 spiro atoms. The fourth-order valence-electron chi connectivity index (χ4n) is 3.76. The summed E-state index contributed by atoms with van der Waals surface area (Å²) in [5.74, 6) is 0.146. The first kappa shape index (κ1) is 21.0. The molecule has 1 aliphatic rings. The van der Waals surface area contributed by atoms with E-state index in [1.165, 1.54) is 0 Å². The number of carbonyl (C=O) groups excluding carboxylic acids is 2. The van der Waals surface area contributed by atoms with Crippen LogP contribution in [0.4, 0.5) is 0 Å². The summed E-state index contributed by atoms with van der Waals surface area (Å²) in [7, 11) is 1.61. The second kappa shape index (κ2) is 9.18. The van der Waals surface area contributed by atoms with E-state index in [2.05, 4.69) is 16.4 Å². The Morgan fingerprint density at radius 2 is 1.97 bits per heavy atom. The van der Waals surface area contributed by atoms with Crippen LogP contribution in [0.3, 0.4) is 0 Å². The van der Waals surface area contributed by atoms with Crippen LogP contribution in [0.15, 0.2) is 48.8 Å². The third-order valence-electron chi connectivity index (χ3n) is 5.19. The Bertz CT molecular complexity index is 853. The van der Waals surface area contributed by atoms with Gasteiger partial charge in [0.2, 0.25) is 5.91 Å². The van der Waals surface area contributed by atoms with Crippen LogP contribution in [0.1, 0.15) is 25.8 Å². The molecule has 0 aliphatic carbocycles. The van der Waals surface area contributed by atoms with Crippen molar-refractivity contribution in [1.29, 1.82) is 0 Å². The van der Waals surface area contributed by atoms with Gasteiger partial charge in [-0.05, 0) is 34.7 Å². The first-order valence-electron chi connectivity index (χ1n) is 10.1. The molecule has 0 unspecified atom stereocenters. The van der Waals surface area contributed by atoms with Crippen LogP contribution in [-0.2, 0) is 20.7 Å². The van der Waals surface area contributed by atoms with Crippen molar-refractivity contribution in [2.45, 2.75) is 32.3 Å². The Kier molecular flexibility index (Phi) is 6.64. The average molecular weight is 396 g/mol. The standard InChI is InChI=1S/C23H29N3O3/c1-17(2)13-21(27)26-11-12-29-23(16-26,22(28)24-3)15-18-5-4-6-20(14-18)19-7-9-25-10-8-19/h4-10,14,17H,11-13,15-16H2,1-3H3,(H,24,28)/t23-/m1/s1. The molecule has 29 heavy (non-hydrogen) atoms. The summed E-state index contributed by atoms with van der Waals surface area (Å²) < 4.78 is 6.04. The van der Waals surface area contributed by atoms with Crippen molar-refractivity contribution in [3.63, 3.8) is 0 Å². The molecule has 6 heteroatoms. The van der Waals surface area contributed by atoms with E-state index in [1.807, 2.05) is 44.2 Å². The van der Waals surface area contributed by atoms with Crippen LogP contribution in [0.2, 0.25) is 0 Å². The van der Waals surface area contributed by atoms with E-state index in [-0.39, 0.29) is 24.3 Å². The van der Waals surface area contributed by atoms with Gasteiger partial charge in [-0.2, -0.15) is 0 Å². The summed E-state index contributed by atoms with van der Waals surface area (Å²) >= 11 is 0. The quantitative estimate of drug-likeness (QED) is 0.816. The summed E-state index contributed by atoms with van der Waals surface area (Å²) in [5.41, 5.74) is 2.02. The second-order valence-corrected chi connectivity index (χ2v) is 7.95. The molecule has 1 aromatic heterocycles. The Balaban J connectivity index is 1.86. The number of hydrogen-bond acceptors (Lipinski definition) is 4. The fraction of sp³-hybridized carbons (Fsp3) is 0.435. The molecule has 1 N–H and O–H groups in total. The minimum absolute atomic E-state index is 0.0714. The number of aromatic nitrogens is 1. The smallest absolute Gasteiger partial charge is 0.254 e. The highest BCUT2D eigenvalue weighted by Gasteiger charge is 2.44. The Morgan fingerprint density at radius 3 is 2.66 bits per heavy atom. The number of morpholine rings is 1. The SMILES string of the molecule is CNC(=O)[C@@]1(Cc2cccc(-c3ccncc3)c2)CN(C(=O)CC(C)C)CCO1. The lowest BCUT2D eigenvalue weighted by atomic mass is 9.89. The lowest BCUT2D eigenvalue weighted by Gasteiger charge is -2.41. The minimum atomic E-state index is -1.09. The van der Waals surface area contributed by atoms with Gasteiger partial charge in [-0.25, -0.2) is 0 Å². The third kappa shape index (κ3) is 5.01. The zero-order valence-electron chi connectivity index (χ0n) is 17.4. The van der Waals surface area contributed by atoms with E-state index in [0.717, 1.165) is 16.7 Å². The Morgan fingerprint density at radius 1 is 1.21 bits per heavy atom. The summed E-state index contributed by atoms with van der Waals surface area (Å²) in [6, 6.07) is 12.0. The van der Waals surface area contributed by atoms with E-state index in [4.69, 9.17) is 4.74 Å². The van der Waals surface area contributed by atoms with Crippen molar-refractivity contribution in [3.8, 4) is 11.1 Å². The van der Waals surface area contributed by atoms with Gasteiger partial charge in [0.15, 0.2) is 5.60 Å². The van der Waals surface area contributed by atoms with E-state index in [0.29, 0.717) is 26.0 Å². The Labute approximate surface area is 172 Å². The number of pyridine rings is 1. The molecule has 2 amide bonds. The number of amides is 2. The molecule has 0 bridgehead atoms. The molecule has 1 aliphatic heterocycles. The largest absolute Gasteiger partial charge is 0.361 e. The number of carbonyl (C=O) groups is 2. The Hall–Kier alpha value is -2.73. The van der Waals surface area contributed by atoms with E-state index < -0.39 is 5.60 Å². The van der Waals surface area contributed by atoms with Crippen molar-refractivity contribution < 1.29 is 14.3 Å². The van der Waals surface area contributed by atoms with Gasteiger partial charge in [-0.15, -0.1) is 0 Å². The van der Waals surface area contributed by atoms with Gasteiger partial charge in [0.25, 0.3) is 5.91 Å². The van der Waals surface area contributed by atoms with Crippen LogP contribution in [0, 0.1) is 5.92 Å². The summed E-state index contributed by atoms with van der Waals surface area (Å²) in [5, 5.41) is 2.73. The van der Waals surface area contributed by atoms with Crippen molar-refractivity contribution in [3.05, 3.63) is 54.4 Å². The van der Waals surface area contributed by atoms with Crippen molar-refractivity contribution in [2.75, 3.05) is 26.7 Å². The van der Waals surface area contributed by atoms with Gasteiger partial charge in [-0.3, -0.25) is 14.6 Å². The van der Waals surface area contributed by atoms with E-state index in [9.17, 15) is 9.59 Å². The molecule has 1 fully saturated rings. The molecule has 154 valence electrons. The molecule has 2 aromatic rings. The van der Waals surface area contributed by atoms with E-state index in [1.54, 1.807) is 24.3 Å². The highest BCUT2D eigenvalue weighted by molar-refractivity contribution is 5.87. The maximum Gasteiger partial charge on any atom is 0.254 e. The molecular formula is C23H29N3O3. The molecule has 1 saturated heterocycles. The molecule has 2 heterocycles. The third-order valence-corrected chi connectivity index (χ3v) is 5.19. The number of benzene rings is 1. The van der Waals surface area contributed by atoms with Gasteiger partial charge >= 0.3 is 0 Å². The van der Waals surface area contributed by atoms with E-state index >= 15 is 0 Å². The minimum Gasteiger partial charge on any atom is -0.361 e. The lowest BCUT2D eigenvalue weighted by Crippen LogP contribution is -2.61. The normalized spacial score (nSPS) is 19.2. The van der Waals surface area contributed by atoms with Crippen molar-refractivity contribution >= 4 is 11.8 Å². The number of nitrogens with one attached hydrogen (secondary N) is 1. The van der Waals surface area contributed by atoms with Gasteiger partial charge in [0.05, 0.1) is 13.2 Å². The summed E-state index contributed by atoms with van der Waals surface area (Å²) in [6.07, 6.45) is 4.39. The summed E-state index contributed by atoms with van der Waals surface area (Å²) in [4.78, 5) is 31.3. The fourth-order valence-corrected chi connectivity index (χ4v) is 3.76. The molecule has 1 atom stereocenters. The predicted octanol–water partition coefficient (Wildman–Crippen LogP) is 2.68. The maximum atomic E-state index is 12.9. The molecule has 3 rings (SSSR count). The second-order valence-electron chi connectivity index (χ2n) is 7.95. The number of nitrogens with zero attached hydrogens (tertiary/aromatic N) is 2. The highest BCUT2D eigenvalue weighted by atomic mass is 16.5.